The van der Waals surface area contributed by atoms with E-state index in [2.05, 4.69) is 15.6 Å². The predicted molar refractivity (Wildman–Crippen MR) is 165 cm³/mol. The maximum Gasteiger partial charge on any atom is 0.416 e. The summed E-state index contributed by atoms with van der Waals surface area (Å²) < 4.78 is 5.24. The standard InChI is InChI=1S/C30H35N7O6S/c31-27(32)37(29(42)43-18-19-9-3-1-4-10-19)16-7-13-21(25(39)40)35-26(41)30(14-8-15-34-30)23(38)17-22-24(36-28(33)44-22)20-11-5-2-6-12-20/h1-6,9-12,21,34H,7-8,13-18H2,(H3,31,32)(H2,33,36)(H,35,41)(H,39,40)/t21-,30+/m0/s1. The second kappa shape index (κ2) is 14.6. The van der Waals surface area contributed by atoms with Crippen molar-refractivity contribution in [2.45, 2.75) is 50.3 Å². The van der Waals surface area contributed by atoms with Crippen LogP contribution in [0.1, 0.15) is 36.1 Å². The van der Waals surface area contributed by atoms with Crippen molar-refractivity contribution < 1.29 is 29.0 Å². The molecule has 4 rings (SSSR count). The van der Waals surface area contributed by atoms with Gasteiger partial charge in [0.2, 0.25) is 5.91 Å². The molecule has 0 unspecified atom stereocenters. The Morgan fingerprint density at radius 2 is 1.82 bits per heavy atom. The fraction of sp³-hybridized carbons (Fsp3) is 0.333. The number of nitrogen functional groups attached to an aromatic ring is 1. The highest BCUT2D eigenvalue weighted by Gasteiger charge is 2.48. The van der Waals surface area contributed by atoms with E-state index in [9.17, 15) is 24.3 Å². The lowest BCUT2D eigenvalue weighted by atomic mass is 9.87. The molecule has 1 aliphatic rings. The minimum atomic E-state index is -1.62. The van der Waals surface area contributed by atoms with Crippen molar-refractivity contribution in [1.82, 2.24) is 20.5 Å². The minimum Gasteiger partial charge on any atom is -0.480 e. The number of thiazole rings is 1. The van der Waals surface area contributed by atoms with Gasteiger partial charge in [0.25, 0.3) is 0 Å². The summed E-state index contributed by atoms with van der Waals surface area (Å²) >= 11 is 1.17. The van der Waals surface area contributed by atoms with Crippen molar-refractivity contribution in [2.24, 2.45) is 5.73 Å². The normalized spacial score (nSPS) is 16.5. The maximum atomic E-state index is 13.7. The van der Waals surface area contributed by atoms with E-state index < -0.39 is 41.3 Å². The number of hydrogen-bond donors (Lipinski definition) is 6. The molecule has 3 aromatic rings. The molecule has 44 heavy (non-hydrogen) atoms. The van der Waals surface area contributed by atoms with Gasteiger partial charge in [-0.2, -0.15) is 0 Å². The second-order valence-corrected chi connectivity index (χ2v) is 11.4. The van der Waals surface area contributed by atoms with Gasteiger partial charge in [-0.25, -0.2) is 19.5 Å². The van der Waals surface area contributed by atoms with Gasteiger partial charge < -0.3 is 26.6 Å². The third-order valence-corrected chi connectivity index (χ3v) is 8.18. The Bertz CT molecular complexity index is 1490. The lowest BCUT2D eigenvalue weighted by Gasteiger charge is -2.29. The van der Waals surface area contributed by atoms with Crippen LogP contribution in [0.5, 0.6) is 0 Å². The number of hydrogen-bond acceptors (Lipinski definition) is 10. The van der Waals surface area contributed by atoms with Crippen LogP contribution >= 0.6 is 11.3 Å². The number of carbonyl (C=O) groups excluding carboxylic acids is 3. The Balaban J connectivity index is 1.39. The average Bonchev–Trinajstić information content (AvgIpc) is 3.66. The second-order valence-electron chi connectivity index (χ2n) is 10.3. The molecule has 1 aliphatic heterocycles. The number of guanidine groups is 1. The van der Waals surface area contributed by atoms with Crippen molar-refractivity contribution in [1.29, 1.82) is 5.41 Å². The summed E-state index contributed by atoms with van der Waals surface area (Å²) in [5.41, 5.74) is 12.0. The molecule has 1 fully saturated rings. The van der Waals surface area contributed by atoms with Gasteiger partial charge in [0.1, 0.15) is 12.6 Å². The van der Waals surface area contributed by atoms with Gasteiger partial charge in [0.15, 0.2) is 22.4 Å². The van der Waals surface area contributed by atoms with Crippen LogP contribution in [0.2, 0.25) is 0 Å². The molecule has 0 spiro atoms. The maximum absolute atomic E-state index is 13.7. The van der Waals surface area contributed by atoms with Gasteiger partial charge in [-0.3, -0.25) is 20.3 Å². The monoisotopic (exact) mass is 621 g/mol. The first kappa shape index (κ1) is 32.1. The molecule has 2 amide bonds. The number of ketones is 1. The lowest BCUT2D eigenvalue weighted by molar-refractivity contribution is -0.145. The highest BCUT2D eigenvalue weighted by atomic mass is 32.1. The van der Waals surface area contributed by atoms with E-state index in [0.29, 0.717) is 28.7 Å². The van der Waals surface area contributed by atoms with Crippen LogP contribution in [0.3, 0.4) is 0 Å². The number of aromatic nitrogens is 1. The van der Waals surface area contributed by atoms with Gasteiger partial charge >= 0.3 is 12.1 Å². The fourth-order valence-electron chi connectivity index (χ4n) is 5.01. The van der Waals surface area contributed by atoms with Crippen molar-refractivity contribution in [3.8, 4) is 11.3 Å². The number of anilines is 1. The van der Waals surface area contributed by atoms with Gasteiger partial charge in [0.05, 0.1) is 5.69 Å². The Labute approximate surface area is 258 Å². The van der Waals surface area contributed by atoms with E-state index >= 15 is 0 Å². The molecule has 1 aromatic heterocycles. The molecule has 0 saturated carbocycles. The molecule has 2 aromatic carbocycles. The van der Waals surface area contributed by atoms with Crippen LogP contribution in [0, 0.1) is 5.41 Å². The van der Waals surface area contributed by atoms with Crippen molar-refractivity contribution in [3.05, 3.63) is 71.1 Å². The summed E-state index contributed by atoms with van der Waals surface area (Å²) in [6.45, 7) is 0.271. The zero-order chi connectivity index (χ0) is 31.7. The number of ether oxygens (including phenoxy) is 1. The Hall–Kier alpha value is -4.82. The van der Waals surface area contributed by atoms with Gasteiger partial charge in [-0.05, 0) is 37.8 Å². The quantitative estimate of drug-likeness (QED) is 0.0931. The molecule has 232 valence electrons. The number of amides is 2. The van der Waals surface area contributed by atoms with E-state index in [1.54, 1.807) is 24.3 Å². The van der Waals surface area contributed by atoms with Gasteiger partial charge in [-0.1, -0.05) is 60.7 Å². The fourth-order valence-corrected chi connectivity index (χ4v) is 5.86. The molecular weight excluding hydrogens is 586 g/mol. The number of nitrogens with one attached hydrogen (secondary N) is 3. The number of carbonyl (C=O) groups is 4. The van der Waals surface area contributed by atoms with Crippen LogP contribution in [0.25, 0.3) is 11.3 Å². The van der Waals surface area contributed by atoms with E-state index in [0.717, 1.165) is 16.0 Å². The van der Waals surface area contributed by atoms with Gasteiger partial charge in [0, 0.05) is 23.4 Å². The number of nitrogens with two attached hydrogens (primary N) is 2. The van der Waals surface area contributed by atoms with Crippen molar-refractivity contribution >= 4 is 46.2 Å². The summed E-state index contributed by atoms with van der Waals surface area (Å²) in [6, 6.07) is 16.9. The average molecular weight is 622 g/mol. The predicted octanol–water partition coefficient (Wildman–Crippen LogP) is 2.51. The third-order valence-electron chi connectivity index (χ3n) is 7.30. The van der Waals surface area contributed by atoms with E-state index in [1.807, 2.05) is 36.4 Å². The van der Waals surface area contributed by atoms with E-state index in [1.165, 1.54) is 11.3 Å². The first-order chi connectivity index (χ1) is 21.1. The van der Waals surface area contributed by atoms with Crippen LogP contribution in [0.4, 0.5) is 9.93 Å². The molecule has 2 heterocycles. The van der Waals surface area contributed by atoms with Crippen LogP contribution in [-0.2, 0) is 32.1 Å². The van der Waals surface area contributed by atoms with Crippen LogP contribution < -0.4 is 22.1 Å². The Morgan fingerprint density at radius 3 is 2.43 bits per heavy atom. The number of aliphatic carboxylic acids is 1. The van der Waals surface area contributed by atoms with Crippen LogP contribution in [0.15, 0.2) is 60.7 Å². The summed E-state index contributed by atoms with van der Waals surface area (Å²) in [6.07, 6.45) is -0.237. The van der Waals surface area contributed by atoms with E-state index in [4.69, 9.17) is 21.6 Å². The van der Waals surface area contributed by atoms with Crippen molar-refractivity contribution in [2.75, 3.05) is 18.8 Å². The van der Waals surface area contributed by atoms with Gasteiger partial charge in [-0.15, -0.1) is 11.3 Å². The first-order valence-corrected chi connectivity index (χ1v) is 14.9. The number of rotatable bonds is 13. The zero-order valence-electron chi connectivity index (χ0n) is 24.0. The molecule has 0 bridgehead atoms. The SMILES string of the molecule is N=C(N)N(CCC[C@H](NC(=O)[C@]1(C(=O)Cc2sc(N)nc2-c2ccccc2)CCCN1)C(=O)O)C(=O)OCc1ccccc1. The number of nitrogens with zero attached hydrogens (tertiary/aromatic N) is 2. The Morgan fingerprint density at radius 1 is 1.14 bits per heavy atom. The Kier molecular flexibility index (Phi) is 10.6. The number of carboxylic acid groups (broad SMARTS) is 1. The molecular formula is C30H35N7O6S. The smallest absolute Gasteiger partial charge is 0.416 e. The topological polar surface area (TPSA) is 214 Å². The highest BCUT2D eigenvalue weighted by molar-refractivity contribution is 7.16. The number of benzene rings is 2. The molecule has 14 heteroatoms. The summed E-state index contributed by atoms with van der Waals surface area (Å²) in [7, 11) is 0. The third kappa shape index (κ3) is 7.76. The molecule has 0 aliphatic carbocycles. The minimum absolute atomic E-state index is 0.0264. The molecule has 2 atom stereocenters. The van der Waals surface area contributed by atoms with E-state index in [-0.39, 0.29) is 38.8 Å². The zero-order valence-corrected chi connectivity index (χ0v) is 24.8. The lowest BCUT2D eigenvalue weighted by Crippen LogP contribution is -2.62. The molecule has 13 nitrogen and oxygen atoms in total. The summed E-state index contributed by atoms with van der Waals surface area (Å²) in [5.74, 6) is -3.02. The first-order valence-electron chi connectivity index (χ1n) is 14.1. The highest BCUT2D eigenvalue weighted by Crippen LogP contribution is 2.32. The summed E-state index contributed by atoms with van der Waals surface area (Å²) in [4.78, 5) is 57.8. The number of carboxylic acids is 1. The molecule has 8 N–H and O–H groups in total. The van der Waals surface area contributed by atoms with Crippen LogP contribution in [-0.4, -0.2) is 69.4 Å². The summed E-state index contributed by atoms with van der Waals surface area (Å²) in [5, 5.41) is 23.5. The molecule has 0 radical (unpaired) electrons. The number of Topliss-reactive ketones (excluding diaryl/α,β-unsaturated/α-hetero) is 1. The molecule has 1 saturated heterocycles. The van der Waals surface area contributed by atoms with Crippen molar-refractivity contribution in [3.63, 3.8) is 0 Å². The largest absolute Gasteiger partial charge is 0.480 e.